The van der Waals surface area contributed by atoms with Gasteiger partial charge in [-0.15, -0.1) is 0 Å². The molecule has 0 radical (unpaired) electrons. The van der Waals surface area contributed by atoms with Gasteiger partial charge in [-0.05, 0) is 48.6 Å². The zero-order valence-electron chi connectivity index (χ0n) is 10.8. The summed E-state index contributed by atoms with van der Waals surface area (Å²) in [6.07, 6.45) is 4.10. The molecule has 2 aromatic carbocycles. The Morgan fingerprint density at radius 2 is 1.89 bits per heavy atom. The Balaban J connectivity index is 1.76. The number of hydrogen-bond acceptors (Lipinski definition) is 1. The van der Waals surface area contributed by atoms with E-state index in [0.29, 0.717) is 5.41 Å². The van der Waals surface area contributed by atoms with E-state index in [1.54, 1.807) is 5.56 Å². The fourth-order valence-corrected chi connectivity index (χ4v) is 4.00. The Morgan fingerprint density at radius 1 is 1.06 bits per heavy atom. The molecule has 1 nitrogen and oxygen atoms in total. The van der Waals surface area contributed by atoms with Crippen LogP contribution in [0.1, 0.15) is 24.8 Å². The van der Waals surface area contributed by atoms with Gasteiger partial charge in [0.05, 0.1) is 0 Å². The molecule has 2 saturated carbocycles. The van der Waals surface area contributed by atoms with Crippen molar-refractivity contribution in [2.24, 2.45) is 5.92 Å². The Bertz CT molecular complexity index is 603. The first-order valence-corrected chi connectivity index (χ1v) is 6.98. The average molecular weight is 237 g/mol. The molecule has 2 aromatic rings. The quantitative estimate of drug-likeness (QED) is 0.843. The Hall–Kier alpha value is -1.34. The van der Waals surface area contributed by atoms with Crippen molar-refractivity contribution in [2.75, 3.05) is 7.05 Å². The molecule has 2 aliphatic rings. The van der Waals surface area contributed by atoms with Crippen molar-refractivity contribution >= 4 is 10.8 Å². The van der Waals surface area contributed by atoms with Gasteiger partial charge in [0.25, 0.3) is 0 Å². The molecule has 2 aliphatic carbocycles. The van der Waals surface area contributed by atoms with Crippen molar-refractivity contribution in [1.82, 2.24) is 5.32 Å². The third kappa shape index (κ3) is 1.37. The minimum atomic E-state index is 0.512. The van der Waals surface area contributed by atoms with Gasteiger partial charge in [0.2, 0.25) is 0 Å². The van der Waals surface area contributed by atoms with Crippen LogP contribution >= 0.6 is 0 Å². The molecule has 1 heteroatoms. The SMILES string of the molecule is CNC1CC2CC2(c2ccc3ccccc3c2)C1. The average Bonchev–Trinajstić information content (AvgIpc) is 3.01. The maximum atomic E-state index is 3.46. The van der Waals surface area contributed by atoms with E-state index in [2.05, 4.69) is 54.8 Å². The van der Waals surface area contributed by atoms with Crippen LogP contribution in [0.3, 0.4) is 0 Å². The highest BCUT2D eigenvalue weighted by atomic mass is 14.9. The summed E-state index contributed by atoms with van der Waals surface area (Å²) in [4.78, 5) is 0. The van der Waals surface area contributed by atoms with Crippen molar-refractivity contribution in [3.63, 3.8) is 0 Å². The molecule has 0 aromatic heterocycles. The van der Waals surface area contributed by atoms with Crippen molar-refractivity contribution in [3.05, 3.63) is 48.0 Å². The summed E-state index contributed by atoms with van der Waals surface area (Å²) in [7, 11) is 2.10. The van der Waals surface area contributed by atoms with Gasteiger partial charge in [-0.2, -0.15) is 0 Å². The van der Waals surface area contributed by atoms with Crippen LogP contribution in [0.2, 0.25) is 0 Å². The van der Waals surface area contributed by atoms with Gasteiger partial charge in [-0.1, -0.05) is 42.5 Å². The summed E-state index contributed by atoms with van der Waals surface area (Å²) in [6.45, 7) is 0. The summed E-state index contributed by atoms with van der Waals surface area (Å²) >= 11 is 0. The van der Waals surface area contributed by atoms with Gasteiger partial charge in [0, 0.05) is 11.5 Å². The third-order valence-electron chi connectivity index (χ3n) is 5.14. The van der Waals surface area contributed by atoms with Crippen molar-refractivity contribution in [2.45, 2.75) is 30.7 Å². The highest BCUT2D eigenvalue weighted by molar-refractivity contribution is 5.83. The van der Waals surface area contributed by atoms with Gasteiger partial charge in [-0.3, -0.25) is 0 Å². The number of benzene rings is 2. The van der Waals surface area contributed by atoms with E-state index in [1.165, 1.54) is 30.0 Å². The van der Waals surface area contributed by atoms with Crippen LogP contribution in [0, 0.1) is 5.92 Å². The molecule has 0 aliphatic heterocycles. The van der Waals surface area contributed by atoms with Crippen molar-refractivity contribution in [1.29, 1.82) is 0 Å². The van der Waals surface area contributed by atoms with Crippen LogP contribution in [0.5, 0.6) is 0 Å². The van der Waals surface area contributed by atoms with E-state index >= 15 is 0 Å². The predicted molar refractivity (Wildman–Crippen MR) is 75.8 cm³/mol. The lowest BCUT2D eigenvalue weighted by Crippen LogP contribution is -2.24. The molecule has 4 rings (SSSR count). The van der Waals surface area contributed by atoms with Gasteiger partial charge in [-0.25, -0.2) is 0 Å². The van der Waals surface area contributed by atoms with Crippen LogP contribution in [0.15, 0.2) is 42.5 Å². The molecule has 18 heavy (non-hydrogen) atoms. The summed E-state index contributed by atoms with van der Waals surface area (Å²) in [6, 6.07) is 16.5. The zero-order valence-corrected chi connectivity index (χ0v) is 10.8. The maximum Gasteiger partial charge on any atom is 0.00756 e. The molecule has 0 heterocycles. The zero-order chi connectivity index (χ0) is 12.2. The van der Waals surface area contributed by atoms with Gasteiger partial charge < -0.3 is 5.32 Å². The monoisotopic (exact) mass is 237 g/mol. The van der Waals surface area contributed by atoms with Crippen molar-refractivity contribution < 1.29 is 0 Å². The molecule has 0 spiro atoms. The van der Waals surface area contributed by atoms with Crippen LogP contribution in [-0.4, -0.2) is 13.1 Å². The van der Waals surface area contributed by atoms with Crippen LogP contribution < -0.4 is 5.32 Å². The molecule has 1 N–H and O–H groups in total. The highest BCUT2D eigenvalue weighted by Crippen LogP contribution is 2.64. The molecule has 3 unspecified atom stereocenters. The molecular formula is C17H19N. The maximum absolute atomic E-state index is 3.46. The first-order chi connectivity index (χ1) is 8.82. The summed E-state index contributed by atoms with van der Waals surface area (Å²) in [5.41, 5.74) is 2.08. The van der Waals surface area contributed by atoms with E-state index in [-0.39, 0.29) is 0 Å². The topological polar surface area (TPSA) is 12.0 Å². The third-order valence-corrected chi connectivity index (χ3v) is 5.14. The summed E-state index contributed by atoms with van der Waals surface area (Å²) in [5, 5.41) is 6.21. The molecule has 0 saturated heterocycles. The summed E-state index contributed by atoms with van der Waals surface area (Å²) in [5.74, 6) is 0.927. The highest BCUT2D eigenvalue weighted by Gasteiger charge is 2.60. The van der Waals surface area contributed by atoms with Crippen LogP contribution in [-0.2, 0) is 5.41 Å². The second kappa shape index (κ2) is 3.58. The predicted octanol–water partition coefficient (Wildman–Crippen LogP) is 3.48. The van der Waals surface area contributed by atoms with E-state index in [1.807, 2.05) is 0 Å². The molecule has 0 amide bonds. The molecule has 0 bridgehead atoms. The molecular weight excluding hydrogens is 218 g/mol. The van der Waals surface area contributed by atoms with E-state index < -0.39 is 0 Å². The number of nitrogens with one attached hydrogen (secondary N) is 1. The second-order valence-corrected chi connectivity index (χ2v) is 6.04. The first-order valence-electron chi connectivity index (χ1n) is 6.98. The Kier molecular flexibility index (Phi) is 2.10. The second-order valence-electron chi connectivity index (χ2n) is 6.04. The lowest BCUT2D eigenvalue weighted by atomic mass is 9.90. The largest absolute Gasteiger partial charge is 0.317 e. The standard InChI is InChI=1S/C17H19N/c1-18-16-9-15-10-17(15,11-16)14-7-6-12-4-2-3-5-13(12)8-14/h2-8,15-16,18H,9-11H2,1H3. The van der Waals surface area contributed by atoms with E-state index in [0.717, 1.165) is 12.0 Å². The number of rotatable bonds is 2. The van der Waals surface area contributed by atoms with Crippen LogP contribution in [0.25, 0.3) is 10.8 Å². The van der Waals surface area contributed by atoms with Crippen LogP contribution in [0.4, 0.5) is 0 Å². The lowest BCUT2D eigenvalue weighted by Gasteiger charge is -2.17. The van der Waals surface area contributed by atoms with Gasteiger partial charge in [0.1, 0.15) is 0 Å². The van der Waals surface area contributed by atoms with E-state index in [9.17, 15) is 0 Å². The summed E-state index contributed by atoms with van der Waals surface area (Å²) < 4.78 is 0. The smallest absolute Gasteiger partial charge is 0.00756 e. The fraction of sp³-hybridized carbons (Fsp3) is 0.412. The Morgan fingerprint density at radius 3 is 2.67 bits per heavy atom. The molecule has 92 valence electrons. The lowest BCUT2D eigenvalue weighted by molar-refractivity contribution is 0.507. The molecule has 2 fully saturated rings. The minimum absolute atomic E-state index is 0.512. The number of fused-ring (bicyclic) bond motifs is 2. The minimum Gasteiger partial charge on any atom is -0.317 e. The van der Waals surface area contributed by atoms with Gasteiger partial charge >= 0.3 is 0 Å². The Labute approximate surface area is 108 Å². The van der Waals surface area contributed by atoms with Gasteiger partial charge in [0.15, 0.2) is 0 Å². The fourth-order valence-electron chi connectivity index (χ4n) is 4.00. The molecule has 3 atom stereocenters. The number of hydrogen-bond donors (Lipinski definition) is 1. The van der Waals surface area contributed by atoms with E-state index in [4.69, 9.17) is 0 Å². The normalized spacial score (nSPS) is 33.6. The van der Waals surface area contributed by atoms with Crippen molar-refractivity contribution in [3.8, 4) is 0 Å². The first kappa shape index (κ1) is 10.6.